The normalized spacial score (nSPS) is 13.6. The summed E-state index contributed by atoms with van der Waals surface area (Å²) in [6, 6.07) is 69.7. The highest BCUT2D eigenvalue weighted by Crippen LogP contribution is 2.56. The highest BCUT2D eigenvalue weighted by atomic mass is 16.5. The summed E-state index contributed by atoms with van der Waals surface area (Å²) in [4.78, 5) is 26.6. The molecule has 0 amide bonds. The number of benzene rings is 9. The minimum Gasteiger partial charge on any atom is -0.465 e. The largest absolute Gasteiger partial charge is 0.465 e. The third-order valence-electron chi connectivity index (χ3n) is 13.2. The minimum atomic E-state index is -0.388. The van der Waals surface area contributed by atoms with Gasteiger partial charge in [-0.05, 0) is 114 Å². The maximum atomic E-state index is 13.3. The third kappa shape index (κ3) is 7.45. The number of carbonyl (C=O) groups is 2. The molecular formula is C64H42O4. The zero-order valence-electron chi connectivity index (χ0n) is 37.4. The van der Waals surface area contributed by atoms with E-state index < -0.39 is 0 Å². The molecule has 4 nitrogen and oxygen atoms in total. The van der Waals surface area contributed by atoms with E-state index >= 15 is 0 Å². The molecule has 0 saturated carbocycles. The first kappa shape index (κ1) is 41.7. The van der Waals surface area contributed by atoms with Crippen LogP contribution in [0.5, 0.6) is 0 Å². The van der Waals surface area contributed by atoms with Crippen LogP contribution in [0.3, 0.4) is 0 Å². The maximum absolute atomic E-state index is 13.3. The van der Waals surface area contributed by atoms with Gasteiger partial charge in [0.1, 0.15) is 0 Å². The number of hydrogen-bond donors (Lipinski definition) is 0. The Morgan fingerprint density at radius 1 is 0.338 bits per heavy atom. The lowest BCUT2D eigenvalue weighted by Crippen LogP contribution is -2.27. The molecule has 0 fully saturated rings. The fraction of sp³-hybridized carbons (Fsp3) is 0.0625. The molecule has 12 rings (SSSR count). The van der Waals surface area contributed by atoms with Crippen molar-refractivity contribution in [3.63, 3.8) is 0 Å². The van der Waals surface area contributed by atoms with Crippen molar-refractivity contribution >= 4 is 11.9 Å². The third-order valence-corrected chi connectivity index (χ3v) is 13.2. The quantitative estimate of drug-likeness (QED) is 0.123. The van der Waals surface area contributed by atoms with Gasteiger partial charge in [0.05, 0.1) is 25.3 Å². The number of rotatable bonds is 6. The Morgan fingerprint density at radius 2 is 0.647 bits per heavy atom. The maximum Gasteiger partial charge on any atom is 0.339 e. The van der Waals surface area contributed by atoms with Crippen LogP contribution in [0.1, 0.15) is 88.2 Å². The molecule has 3 aliphatic rings. The van der Waals surface area contributed by atoms with Gasteiger partial charge in [0, 0.05) is 34.1 Å². The van der Waals surface area contributed by atoms with E-state index in [4.69, 9.17) is 9.47 Å². The number of carbonyl (C=O) groups excluding carboxylic acids is 2. The molecule has 0 spiro atoms. The van der Waals surface area contributed by atoms with Crippen molar-refractivity contribution in [1.82, 2.24) is 0 Å². The van der Waals surface area contributed by atoms with Gasteiger partial charge in [-0.3, -0.25) is 0 Å². The van der Waals surface area contributed by atoms with Crippen molar-refractivity contribution in [3.8, 4) is 68.2 Å². The molecule has 0 aromatic heterocycles. The molecule has 68 heavy (non-hydrogen) atoms. The number of ether oxygens (including phenoxy) is 2. The van der Waals surface area contributed by atoms with Crippen LogP contribution in [-0.2, 0) is 9.47 Å². The van der Waals surface area contributed by atoms with E-state index in [1.165, 1.54) is 47.6 Å². The fourth-order valence-electron chi connectivity index (χ4n) is 10.1. The van der Waals surface area contributed by atoms with Crippen molar-refractivity contribution in [3.05, 3.63) is 273 Å². The van der Waals surface area contributed by atoms with Gasteiger partial charge in [0.2, 0.25) is 0 Å². The Bertz CT molecular complexity index is 3280. The van der Waals surface area contributed by atoms with Crippen LogP contribution in [0.2, 0.25) is 0 Å². The Labute approximate surface area is 396 Å². The predicted molar refractivity (Wildman–Crippen MR) is 270 cm³/mol. The summed E-state index contributed by atoms with van der Waals surface area (Å²) in [5.74, 6) is 13.4. The average molecular weight is 875 g/mol. The number of methoxy groups -OCH3 is 2. The highest BCUT2D eigenvalue weighted by Gasteiger charge is 2.41. The van der Waals surface area contributed by atoms with E-state index in [1.54, 1.807) is 0 Å². The molecule has 0 radical (unpaired) electrons. The standard InChI is InChI=1S/C64H42O4/c1-67-63(65)61-49(43-15-5-3-6-16-43)23-13-25-51(61)45-33-27-41(28-34-45)31-37-47-39-57-58(60-55-21-11-9-19-53(55)59(57)54-20-10-12-22-56(54)60)40-48(47)38-32-42-29-35-46(36-30-42)52-26-14-24-50(62(52)64(66)68-2)44-17-7-4-8-18-44/h3-30,33-36,39-40,59-60H,1-2H3. The molecule has 9 aromatic rings. The average Bonchev–Trinajstić information content (AvgIpc) is 3.41. The zero-order chi connectivity index (χ0) is 46.1. The molecule has 2 bridgehead atoms. The summed E-state index contributed by atoms with van der Waals surface area (Å²) < 4.78 is 10.6. The summed E-state index contributed by atoms with van der Waals surface area (Å²) in [6.45, 7) is 0. The lowest BCUT2D eigenvalue weighted by molar-refractivity contribution is 0.0593. The van der Waals surface area contributed by atoms with Gasteiger partial charge in [-0.2, -0.15) is 0 Å². The summed E-state index contributed by atoms with van der Waals surface area (Å²) in [7, 11) is 2.83. The fourth-order valence-corrected chi connectivity index (χ4v) is 10.1. The van der Waals surface area contributed by atoms with E-state index in [2.05, 4.69) is 84.3 Å². The molecule has 9 aromatic carbocycles. The van der Waals surface area contributed by atoms with Crippen LogP contribution in [-0.4, -0.2) is 26.2 Å². The molecule has 3 aliphatic carbocycles. The molecule has 0 unspecified atom stereocenters. The molecule has 322 valence electrons. The van der Waals surface area contributed by atoms with Gasteiger partial charge in [0.25, 0.3) is 0 Å². The van der Waals surface area contributed by atoms with Crippen LogP contribution in [0, 0.1) is 23.7 Å². The van der Waals surface area contributed by atoms with Gasteiger partial charge in [-0.15, -0.1) is 0 Å². The van der Waals surface area contributed by atoms with Crippen LogP contribution >= 0.6 is 0 Å². The van der Waals surface area contributed by atoms with Gasteiger partial charge >= 0.3 is 11.9 Å². The second-order valence-electron chi connectivity index (χ2n) is 17.0. The summed E-state index contributed by atoms with van der Waals surface area (Å²) in [5, 5.41) is 0. The molecular weight excluding hydrogens is 833 g/mol. The molecule has 0 aliphatic heterocycles. The second-order valence-corrected chi connectivity index (χ2v) is 17.0. The Morgan fingerprint density at radius 3 is 0.971 bits per heavy atom. The van der Waals surface area contributed by atoms with Crippen molar-refractivity contribution in [2.45, 2.75) is 11.8 Å². The minimum absolute atomic E-state index is 0.0858. The van der Waals surface area contributed by atoms with Crippen LogP contribution < -0.4 is 0 Å². The van der Waals surface area contributed by atoms with Crippen LogP contribution in [0.4, 0.5) is 0 Å². The number of esters is 2. The molecule has 4 heteroatoms. The van der Waals surface area contributed by atoms with Crippen molar-refractivity contribution in [2.75, 3.05) is 14.2 Å². The SMILES string of the molecule is COC(=O)c1c(-c2ccccc2)cccc1-c1ccc(C#Cc2cc3c(cc2C#Cc2ccc(-c4cccc(-c5ccccc5)c4C(=O)OC)cc2)C2c4ccccc4C3c3ccccc32)cc1. The first-order chi connectivity index (χ1) is 33.5. The van der Waals surface area contributed by atoms with E-state index in [1.807, 2.05) is 146 Å². The summed E-state index contributed by atoms with van der Waals surface area (Å²) in [5.41, 5.74) is 19.1. The second kappa shape index (κ2) is 17.8. The Kier molecular flexibility index (Phi) is 10.9. The van der Waals surface area contributed by atoms with Gasteiger partial charge in [-0.1, -0.05) is 194 Å². The van der Waals surface area contributed by atoms with Crippen molar-refractivity contribution in [1.29, 1.82) is 0 Å². The lowest BCUT2D eigenvalue weighted by atomic mass is 9.60. The number of hydrogen-bond acceptors (Lipinski definition) is 4. The van der Waals surface area contributed by atoms with Crippen LogP contribution in [0.25, 0.3) is 44.5 Å². The van der Waals surface area contributed by atoms with Gasteiger partial charge in [-0.25, -0.2) is 9.59 Å². The van der Waals surface area contributed by atoms with E-state index in [0.717, 1.165) is 66.8 Å². The van der Waals surface area contributed by atoms with Crippen molar-refractivity contribution < 1.29 is 19.1 Å². The molecule has 0 N–H and O–H groups in total. The molecule has 0 saturated heterocycles. The van der Waals surface area contributed by atoms with E-state index in [9.17, 15) is 9.59 Å². The lowest BCUT2D eigenvalue weighted by Gasteiger charge is -2.42. The van der Waals surface area contributed by atoms with Gasteiger partial charge < -0.3 is 9.47 Å². The summed E-state index contributed by atoms with van der Waals surface area (Å²) >= 11 is 0. The summed E-state index contributed by atoms with van der Waals surface area (Å²) in [6.07, 6.45) is 0. The highest BCUT2D eigenvalue weighted by molar-refractivity contribution is 6.05. The van der Waals surface area contributed by atoms with Gasteiger partial charge in [0.15, 0.2) is 0 Å². The van der Waals surface area contributed by atoms with E-state index in [-0.39, 0.29) is 23.8 Å². The molecule has 0 heterocycles. The Hall–Kier alpha value is -8.96. The Balaban J connectivity index is 0.983. The molecule has 0 atom stereocenters. The monoisotopic (exact) mass is 874 g/mol. The van der Waals surface area contributed by atoms with Crippen molar-refractivity contribution in [2.24, 2.45) is 0 Å². The van der Waals surface area contributed by atoms with E-state index in [0.29, 0.717) is 11.1 Å². The first-order valence-corrected chi connectivity index (χ1v) is 22.6. The predicted octanol–water partition coefficient (Wildman–Crippen LogP) is 13.7. The first-order valence-electron chi connectivity index (χ1n) is 22.6. The smallest absolute Gasteiger partial charge is 0.339 e. The topological polar surface area (TPSA) is 52.6 Å². The van der Waals surface area contributed by atoms with Crippen LogP contribution in [0.15, 0.2) is 206 Å². The zero-order valence-corrected chi connectivity index (χ0v) is 37.4.